The summed E-state index contributed by atoms with van der Waals surface area (Å²) in [7, 11) is 0. The van der Waals surface area contributed by atoms with Crippen LogP contribution in [0.25, 0.3) is 17.4 Å². The maximum atomic E-state index is 14.9. The molecule has 0 aliphatic carbocycles. The van der Waals surface area contributed by atoms with E-state index in [1.54, 1.807) is 48.5 Å². The minimum atomic E-state index is -0.426. The number of benzene rings is 2. The van der Waals surface area contributed by atoms with Crippen molar-refractivity contribution in [3.8, 4) is 11.3 Å². The lowest BCUT2D eigenvalue weighted by Gasteiger charge is -2.29. The Morgan fingerprint density at radius 3 is 2.56 bits per heavy atom. The number of nitrogens with zero attached hydrogens (tertiary/aromatic N) is 2. The van der Waals surface area contributed by atoms with Crippen molar-refractivity contribution >= 4 is 63.9 Å². The van der Waals surface area contributed by atoms with Gasteiger partial charge >= 0.3 is 0 Å². The van der Waals surface area contributed by atoms with Crippen LogP contribution in [0.3, 0.4) is 0 Å². The van der Waals surface area contributed by atoms with Crippen LogP contribution in [-0.4, -0.2) is 37.3 Å². The molecule has 174 valence electrons. The minimum Gasteiger partial charge on any atom is -0.457 e. The third kappa shape index (κ3) is 4.42. The van der Waals surface area contributed by atoms with Crippen molar-refractivity contribution in [1.82, 2.24) is 5.32 Å². The van der Waals surface area contributed by atoms with Crippen molar-refractivity contribution in [2.75, 3.05) is 36.1 Å². The number of nitrogens with one attached hydrogen (secondary N) is 1. The predicted octanol–water partition coefficient (Wildman–Crippen LogP) is 5.49. The van der Waals surface area contributed by atoms with Gasteiger partial charge in [0.2, 0.25) is 0 Å². The Balaban J connectivity index is 1.37. The fraction of sp³-hybridized carbons (Fsp3) is 0.167. The van der Waals surface area contributed by atoms with E-state index < -0.39 is 11.7 Å². The molecule has 0 spiro atoms. The molecule has 10 heteroatoms. The molecule has 34 heavy (non-hydrogen) atoms. The number of rotatable bonds is 4. The highest BCUT2D eigenvalue weighted by atomic mass is 35.5. The van der Waals surface area contributed by atoms with Gasteiger partial charge in [-0.25, -0.2) is 4.39 Å². The second-order valence-electron chi connectivity index (χ2n) is 7.69. The van der Waals surface area contributed by atoms with Gasteiger partial charge in [0.15, 0.2) is 5.11 Å². The Morgan fingerprint density at radius 2 is 1.82 bits per heavy atom. The van der Waals surface area contributed by atoms with Gasteiger partial charge in [0.25, 0.3) is 5.91 Å². The molecule has 1 N–H and O–H groups in total. The van der Waals surface area contributed by atoms with Crippen LogP contribution in [0, 0.1) is 5.82 Å². The molecule has 2 fully saturated rings. The molecule has 0 bridgehead atoms. The van der Waals surface area contributed by atoms with Crippen LogP contribution >= 0.6 is 35.4 Å². The third-order valence-corrected chi connectivity index (χ3v) is 6.56. The number of morpholine rings is 1. The first-order valence-electron chi connectivity index (χ1n) is 10.5. The maximum Gasteiger partial charge on any atom is 0.281 e. The molecular formula is C24H18Cl2FN3O3S. The number of carbonyl (C=O) groups is 1. The van der Waals surface area contributed by atoms with Crippen molar-refractivity contribution in [3.05, 3.63) is 75.9 Å². The number of hydrogen-bond donors (Lipinski definition) is 1. The summed E-state index contributed by atoms with van der Waals surface area (Å²) in [5.41, 5.74) is 1.78. The zero-order valence-electron chi connectivity index (χ0n) is 17.7. The third-order valence-electron chi connectivity index (χ3n) is 5.54. The molecule has 3 aromatic rings. The largest absolute Gasteiger partial charge is 0.457 e. The number of ether oxygens (including phenoxy) is 1. The molecule has 2 aromatic carbocycles. The molecule has 5 rings (SSSR count). The van der Waals surface area contributed by atoms with Gasteiger partial charge in [-0.05, 0) is 54.7 Å². The maximum absolute atomic E-state index is 14.9. The standard InChI is InChI=1S/C24H18Cl2FN3O3S/c25-17-4-1-14(11-18(17)26)22-6-3-16(33-22)13-20-23(31)30(24(34)28-20)15-2-5-21(19(27)12-15)29-7-9-32-10-8-29/h1-6,11-13H,7-10H2,(H,28,34). The molecule has 1 aromatic heterocycles. The molecule has 1 amide bonds. The topological polar surface area (TPSA) is 58.0 Å². The fourth-order valence-electron chi connectivity index (χ4n) is 3.84. The van der Waals surface area contributed by atoms with E-state index in [1.807, 2.05) is 4.90 Å². The van der Waals surface area contributed by atoms with E-state index in [-0.39, 0.29) is 10.8 Å². The number of amides is 1. The summed E-state index contributed by atoms with van der Waals surface area (Å²) in [6.07, 6.45) is 1.55. The quantitative estimate of drug-likeness (QED) is 0.364. The van der Waals surface area contributed by atoms with E-state index in [2.05, 4.69) is 5.32 Å². The van der Waals surface area contributed by atoms with Crippen LogP contribution in [0.15, 0.2) is 58.6 Å². The number of halogens is 3. The van der Waals surface area contributed by atoms with Crippen LogP contribution in [0.2, 0.25) is 10.0 Å². The number of anilines is 2. The molecule has 2 aliphatic rings. The zero-order valence-corrected chi connectivity index (χ0v) is 20.0. The summed E-state index contributed by atoms with van der Waals surface area (Å²) in [4.78, 5) is 16.2. The van der Waals surface area contributed by atoms with Crippen molar-refractivity contribution in [2.45, 2.75) is 0 Å². The number of carbonyl (C=O) groups excluding carboxylic acids is 1. The Morgan fingerprint density at radius 1 is 1.03 bits per heavy atom. The summed E-state index contributed by atoms with van der Waals surface area (Å²) in [6, 6.07) is 13.3. The van der Waals surface area contributed by atoms with Crippen molar-refractivity contribution in [3.63, 3.8) is 0 Å². The first-order chi connectivity index (χ1) is 16.4. The van der Waals surface area contributed by atoms with Crippen molar-refractivity contribution in [1.29, 1.82) is 0 Å². The highest BCUT2D eigenvalue weighted by Crippen LogP contribution is 2.31. The first kappa shape index (κ1) is 22.9. The van der Waals surface area contributed by atoms with Crippen LogP contribution in [0.4, 0.5) is 15.8 Å². The summed E-state index contributed by atoms with van der Waals surface area (Å²) in [6.45, 7) is 2.32. The monoisotopic (exact) mass is 517 g/mol. The molecule has 0 unspecified atom stereocenters. The average Bonchev–Trinajstić information content (AvgIpc) is 3.40. The van der Waals surface area contributed by atoms with Crippen LogP contribution in [0.1, 0.15) is 5.76 Å². The fourth-order valence-corrected chi connectivity index (χ4v) is 4.44. The number of hydrogen-bond acceptors (Lipinski definition) is 5. The lowest BCUT2D eigenvalue weighted by molar-refractivity contribution is -0.113. The lowest BCUT2D eigenvalue weighted by atomic mass is 10.2. The zero-order chi connectivity index (χ0) is 23.8. The van der Waals surface area contributed by atoms with Crippen LogP contribution in [-0.2, 0) is 9.53 Å². The summed E-state index contributed by atoms with van der Waals surface area (Å²) in [5.74, 6) is 0.173. The van der Waals surface area contributed by atoms with Gasteiger partial charge in [-0.15, -0.1) is 0 Å². The Bertz CT molecular complexity index is 1320. The number of furan rings is 1. The Kier molecular flexibility index (Phi) is 6.31. The predicted molar refractivity (Wildman–Crippen MR) is 135 cm³/mol. The smallest absolute Gasteiger partial charge is 0.281 e. The molecule has 0 atom stereocenters. The first-order valence-corrected chi connectivity index (χ1v) is 11.6. The van der Waals surface area contributed by atoms with Gasteiger partial charge in [0.1, 0.15) is 23.0 Å². The summed E-state index contributed by atoms with van der Waals surface area (Å²) >= 11 is 17.4. The van der Waals surface area contributed by atoms with E-state index in [0.717, 1.165) is 5.56 Å². The Labute approximate surface area is 210 Å². The second kappa shape index (κ2) is 9.38. The minimum absolute atomic E-state index is 0.158. The molecule has 6 nitrogen and oxygen atoms in total. The average molecular weight is 518 g/mol. The van der Waals surface area contributed by atoms with Gasteiger partial charge < -0.3 is 19.4 Å². The van der Waals surface area contributed by atoms with E-state index in [0.29, 0.717) is 59.2 Å². The molecule has 0 saturated carbocycles. The van der Waals surface area contributed by atoms with E-state index in [4.69, 9.17) is 44.6 Å². The van der Waals surface area contributed by atoms with Crippen molar-refractivity contribution in [2.24, 2.45) is 0 Å². The molecule has 2 saturated heterocycles. The van der Waals surface area contributed by atoms with E-state index in [1.165, 1.54) is 11.0 Å². The Hall–Kier alpha value is -2.91. The summed E-state index contributed by atoms with van der Waals surface area (Å²) < 4.78 is 26.0. The van der Waals surface area contributed by atoms with Gasteiger partial charge in [0.05, 0.1) is 34.6 Å². The normalized spacial score (nSPS) is 17.6. The van der Waals surface area contributed by atoms with Gasteiger partial charge in [0, 0.05) is 30.8 Å². The number of thiocarbonyl (C=S) groups is 1. The van der Waals surface area contributed by atoms with E-state index in [9.17, 15) is 9.18 Å². The van der Waals surface area contributed by atoms with Gasteiger partial charge in [-0.2, -0.15) is 0 Å². The highest BCUT2D eigenvalue weighted by molar-refractivity contribution is 7.80. The SMILES string of the molecule is O=C1C(=Cc2ccc(-c3ccc(Cl)c(Cl)c3)o2)NC(=S)N1c1ccc(N2CCOCC2)c(F)c1. The highest BCUT2D eigenvalue weighted by Gasteiger charge is 2.33. The second-order valence-corrected chi connectivity index (χ2v) is 8.90. The van der Waals surface area contributed by atoms with Crippen molar-refractivity contribution < 1.29 is 18.3 Å². The van der Waals surface area contributed by atoms with Crippen LogP contribution in [0.5, 0.6) is 0 Å². The van der Waals surface area contributed by atoms with Gasteiger partial charge in [-0.1, -0.05) is 23.2 Å². The molecule has 0 radical (unpaired) electrons. The molecule has 3 heterocycles. The lowest BCUT2D eigenvalue weighted by Crippen LogP contribution is -2.37. The summed E-state index contributed by atoms with van der Waals surface area (Å²) in [5, 5.41) is 3.90. The van der Waals surface area contributed by atoms with Gasteiger partial charge in [-0.3, -0.25) is 9.69 Å². The molecular weight excluding hydrogens is 500 g/mol. The van der Waals surface area contributed by atoms with E-state index >= 15 is 0 Å². The van der Waals surface area contributed by atoms with Crippen LogP contribution < -0.4 is 15.1 Å². The molecule has 2 aliphatic heterocycles.